The van der Waals surface area contributed by atoms with E-state index < -0.39 is 94.9 Å². The number of nitrogens with two attached hydrogens (primary N) is 1. The van der Waals surface area contributed by atoms with Gasteiger partial charge in [-0.25, -0.2) is 4.18 Å². The van der Waals surface area contributed by atoms with Crippen LogP contribution in [-0.4, -0.2) is 101 Å². The highest BCUT2D eigenvalue weighted by Gasteiger charge is 2.42. The fraction of sp³-hybridized carbons (Fsp3) is 0.794. The summed E-state index contributed by atoms with van der Waals surface area (Å²) in [6.45, 7) is 9.39. The Kier molecular flexibility index (Phi) is 23.1. The number of imide groups is 1. The topological polar surface area (TPSA) is 240 Å². The Morgan fingerprint density at radius 3 is 1.96 bits per heavy atom. The molecule has 0 bridgehead atoms. The molecule has 0 saturated heterocycles. The second-order valence-corrected chi connectivity index (χ2v) is 14.3. The monoisotopic (exact) mass is 735 g/mol. The number of aldehydes is 1. The number of ether oxygens (including phenoxy) is 1. The lowest BCUT2D eigenvalue weighted by atomic mass is 9.86. The van der Waals surface area contributed by atoms with Crippen molar-refractivity contribution >= 4 is 40.4 Å². The summed E-state index contributed by atoms with van der Waals surface area (Å²) in [5.41, 5.74) is 5.95. The Morgan fingerprint density at radius 2 is 1.46 bits per heavy atom. The molecule has 0 aliphatic carbocycles. The summed E-state index contributed by atoms with van der Waals surface area (Å²) in [7, 11) is -5.10. The number of carbonyl (C=O) groups is 5. The van der Waals surface area contributed by atoms with E-state index in [1.54, 1.807) is 6.92 Å². The summed E-state index contributed by atoms with van der Waals surface area (Å²) < 4.78 is 40.6. The van der Waals surface area contributed by atoms with Crippen LogP contribution in [0.2, 0.25) is 0 Å². The summed E-state index contributed by atoms with van der Waals surface area (Å²) in [6.07, 6.45) is 10.8. The molecule has 0 saturated carbocycles. The van der Waals surface area contributed by atoms with Gasteiger partial charge < -0.3 is 30.8 Å². The van der Waals surface area contributed by atoms with Crippen LogP contribution in [0.1, 0.15) is 113 Å². The van der Waals surface area contributed by atoms with E-state index in [2.05, 4.69) is 28.6 Å². The van der Waals surface area contributed by atoms with Crippen molar-refractivity contribution in [1.82, 2.24) is 10.2 Å². The van der Waals surface area contributed by atoms with Crippen LogP contribution in [0.4, 0.5) is 0 Å². The third-order valence-electron chi connectivity index (χ3n) is 8.56. The zero-order valence-electron chi connectivity index (χ0n) is 30.7. The first kappa shape index (κ1) is 47.2. The molecule has 0 aromatic heterocycles. The van der Waals surface area contributed by atoms with E-state index in [-0.39, 0.29) is 6.29 Å². The maximum atomic E-state index is 13.8. The van der Waals surface area contributed by atoms with Crippen molar-refractivity contribution < 1.29 is 56.1 Å². The van der Waals surface area contributed by atoms with Crippen LogP contribution in [0, 0.1) is 17.8 Å². The first-order valence-electron chi connectivity index (χ1n) is 17.5. The minimum atomic E-state index is -5.10. The molecule has 15 nitrogen and oxygen atoms in total. The predicted octanol–water partition coefficient (Wildman–Crippen LogP) is 2.62. The zero-order chi connectivity index (χ0) is 38.6. The van der Waals surface area contributed by atoms with E-state index in [0.717, 1.165) is 45.4 Å². The molecular formula is C34H61N3O12S. The Bertz CT molecular complexity index is 1200. The zero-order valence-corrected chi connectivity index (χ0v) is 31.5. The number of hydrogen-bond donors (Lipinski definition) is 5. The summed E-state index contributed by atoms with van der Waals surface area (Å²) in [5.74, 6) is -6.58. The van der Waals surface area contributed by atoms with Crippen LogP contribution < -0.4 is 11.1 Å². The predicted molar refractivity (Wildman–Crippen MR) is 187 cm³/mol. The van der Waals surface area contributed by atoms with E-state index in [1.807, 2.05) is 0 Å². The summed E-state index contributed by atoms with van der Waals surface area (Å²) >= 11 is 0. The molecule has 0 unspecified atom stereocenters. The maximum Gasteiger partial charge on any atom is 0.397 e. The van der Waals surface area contributed by atoms with Crippen LogP contribution >= 0.6 is 0 Å². The fourth-order valence-corrected chi connectivity index (χ4v) is 5.54. The second kappa shape index (κ2) is 24.4. The Hall–Kier alpha value is -2.76. The van der Waals surface area contributed by atoms with Crippen molar-refractivity contribution in [2.75, 3.05) is 6.61 Å². The van der Waals surface area contributed by atoms with Crippen molar-refractivity contribution in [3.8, 4) is 0 Å². The Labute approximate surface area is 297 Å². The highest BCUT2D eigenvalue weighted by atomic mass is 32.3. The van der Waals surface area contributed by atoms with Gasteiger partial charge in [0.2, 0.25) is 5.91 Å². The molecule has 0 rings (SSSR count). The number of unbranched alkanes of at least 4 members (excludes halogenated alkanes) is 7. The fourth-order valence-electron chi connectivity index (χ4n) is 5.23. The lowest BCUT2D eigenvalue weighted by molar-refractivity contribution is -0.158. The molecule has 0 aromatic rings. The van der Waals surface area contributed by atoms with Crippen molar-refractivity contribution in [3.63, 3.8) is 0 Å². The van der Waals surface area contributed by atoms with E-state index in [0.29, 0.717) is 11.3 Å². The number of nitrogens with zero attached hydrogens (tertiary/aromatic N) is 1. The highest BCUT2D eigenvalue weighted by molar-refractivity contribution is 7.80. The Morgan fingerprint density at radius 1 is 0.900 bits per heavy atom. The minimum absolute atomic E-state index is 0.0193. The van der Waals surface area contributed by atoms with Gasteiger partial charge in [-0.1, -0.05) is 78.9 Å². The van der Waals surface area contributed by atoms with E-state index in [9.17, 15) is 42.6 Å². The molecule has 3 amide bonds. The van der Waals surface area contributed by atoms with E-state index in [1.165, 1.54) is 47.0 Å². The van der Waals surface area contributed by atoms with Crippen molar-refractivity contribution in [2.24, 2.45) is 23.5 Å². The molecule has 290 valence electrons. The van der Waals surface area contributed by atoms with Gasteiger partial charge in [-0.3, -0.25) is 28.6 Å². The lowest BCUT2D eigenvalue weighted by Gasteiger charge is -2.35. The molecule has 50 heavy (non-hydrogen) atoms. The molecule has 0 aromatic carbocycles. The van der Waals surface area contributed by atoms with Crippen molar-refractivity contribution in [3.05, 3.63) is 12.2 Å². The van der Waals surface area contributed by atoms with Crippen LogP contribution in [0.25, 0.3) is 0 Å². The largest absolute Gasteiger partial charge is 0.461 e. The molecule has 0 heterocycles. The number of aliphatic hydroxyl groups is 2. The molecular weight excluding hydrogens is 674 g/mol. The molecule has 0 spiro atoms. The van der Waals surface area contributed by atoms with Gasteiger partial charge in [0.15, 0.2) is 0 Å². The standard InChI is InChI=1S/C34H61N3O12S/c1-8-9-10-11-12-13-14-15-16-17-18-19-28(40)23(4)31(41)24(5)32(42)36-30(22(2)3)34(44)37(27(20-38)21-48-50(45,46)47)33(43)29(35)25(6)49-26(7)39/h12-13,20,22-25,27-31,40-41H,8-11,14-19,21,35H2,1-7H3,(H,36,42)(H,45,46,47)/b13-12+/t23-,24-,25-,27-,28-,29+,30+,31-/m1/s1. The summed E-state index contributed by atoms with van der Waals surface area (Å²) in [6, 6.07) is -5.15. The van der Waals surface area contributed by atoms with Gasteiger partial charge in [-0.05, 0) is 44.9 Å². The smallest absolute Gasteiger partial charge is 0.397 e. The average molecular weight is 736 g/mol. The first-order valence-corrected chi connectivity index (χ1v) is 18.8. The lowest BCUT2D eigenvalue weighted by Crippen LogP contribution is -2.62. The molecule has 0 radical (unpaired) electrons. The Balaban J connectivity index is 5.63. The van der Waals surface area contributed by atoms with Gasteiger partial charge in [0, 0.05) is 12.8 Å². The van der Waals surface area contributed by atoms with Crippen molar-refractivity contribution in [1.29, 1.82) is 0 Å². The van der Waals surface area contributed by atoms with Crippen LogP contribution in [0.5, 0.6) is 0 Å². The molecule has 0 fully saturated rings. The molecule has 6 N–H and O–H groups in total. The van der Waals surface area contributed by atoms with E-state index in [4.69, 9.17) is 15.0 Å². The van der Waals surface area contributed by atoms with Gasteiger partial charge in [-0.15, -0.1) is 0 Å². The molecule has 16 heteroatoms. The normalized spacial score (nSPS) is 16.9. The number of hydrogen-bond acceptors (Lipinski definition) is 12. The van der Waals surface area contributed by atoms with Crippen LogP contribution in [-0.2, 0) is 43.3 Å². The number of carbonyl (C=O) groups excluding carboxylic acids is 5. The third kappa shape index (κ3) is 17.9. The van der Waals surface area contributed by atoms with Gasteiger partial charge in [-0.2, -0.15) is 8.42 Å². The SMILES string of the molecule is CCCCC/C=C/CCCCCC[C@@H](O)[C@@H](C)[C@@H](O)[C@@H](C)C(=O)N[C@H](C(=O)N(C(=O)[C@@H](N)[C@@H](C)OC(C)=O)[C@H](C=O)COS(=O)(=O)O)C(C)C. The van der Waals surface area contributed by atoms with Gasteiger partial charge >= 0.3 is 16.4 Å². The highest BCUT2D eigenvalue weighted by Crippen LogP contribution is 2.22. The van der Waals surface area contributed by atoms with E-state index >= 15 is 0 Å². The summed E-state index contributed by atoms with van der Waals surface area (Å²) in [5, 5.41) is 24.2. The van der Waals surface area contributed by atoms with Gasteiger partial charge in [0.05, 0.1) is 24.7 Å². The summed E-state index contributed by atoms with van der Waals surface area (Å²) in [4.78, 5) is 64.4. The van der Waals surface area contributed by atoms with Gasteiger partial charge in [0.1, 0.15) is 30.5 Å². The molecule has 0 aliphatic heterocycles. The average Bonchev–Trinajstić information content (AvgIpc) is 3.04. The van der Waals surface area contributed by atoms with Crippen LogP contribution in [0.15, 0.2) is 12.2 Å². The van der Waals surface area contributed by atoms with Gasteiger partial charge in [0.25, 0.3) is 11.8 Å². The maximum absolute atomic E-state index is 13.8. The number of nitrogens with one attached hydrogen (secondary N) is 1. The third-order valence-corrected chi connectivity index (χ3v) is 8.99. The molecule has 8 atom stereocenters. The number of aliphatic hydroxyl groups excluding tert-OH is 2. The van der Waals surface area contributed by atoms with Crippen molar-refractivity contribution in [2.45, 2.75) is 149 Å². The quantitative estimate of drug-likeness (QED) is 0.0283. The second-order valence-electron chi connectivity index (χ2n) is 13.2. The number of allylic oxidation sites excluding steroid dienone is 2. The minimum Gasteiger partial charge on any atom is -0.461 e. The van der Waals surface area contributed by atoms with Crippen LogP contribution in [0.3, 0.4) is 0 Å². The molecule has 0 aliphatic rings. The number of rotatable bonds is 26. The number of esters is 1. The number of amides is 3. The first-order chi connectivity index (χ1) is 23.3.